The van der Waals surface area contributed by atoms with Crippen molar-refractivity contribution >= 4 is 5.91 Å². The zero-order valence-corrected chi connectivity index (χ0v) is 13.1. The number of carbonyl (C=O) groups is 1. The third-order valence-corrected chi connectivity index (χ3v) is 3.26. The molecule has 5 nitrogen and oxygen atoms in total. The van der Waals surface area contributed by atoms with E-state index in [1.807, 2.05) is 31.2 Å². The Hall–Kier alpha value is -2.56. The maximum absolute atomic E-state index is 12.2. The normalized spacial score (nSPS) is 10.1. The minimum Gasteiger partial charge on any atom is -0.492 e. The quantitative estimate of drug-likeness (QED) is 0.822. The topological polar surface area (TPSA) is 51.7 Å². The van der Waals surface area contributed by atoms with E-state index in [0.29, 0.717) is 24.6 Å². The van der Waals surface area contributed by atoms with Crippen molar-refractivity contribution in [1.82, 2.24) is 9.88 Å². The van der Waals surface area contributed by atoms with Gasteiger partial charge in [0.25, 0.3) is 5.91 Å². The molecule has 0 bridgehead atoms. The van der Waals surface area contributed by atoms with Crippen molar-refractivity contribution in [3.8, 4) is 11.6 Å². The van der Waals surface area contributed by atoms with Gasteiger partial charge in [-0.1, -0.05) is 17.7 Å². The Morgan fingerprint density at radius 2 is 1.91 bits per heavy atom. The Kier molecular flexibility index (Phi) is 5.36. The molecule has 0 radical (unpaired) electrons. The van der Waals surface area contributed by atoms with Gasteiger partial charge >= 0.3 is 0 Å². The van der Waals surface area contributed by atoms with Gasteiger partial charge in [-0.25, -0.2) is 4.98 Å². The molecule has 5 heteroatoms. The average Bonchev–Trinajstić information content (AvgIpc) is 2.56. The van der Waals surface area contributed by atoms with E-state index in [1.165, 1.54) is 11.8 Å². The fourth-order valence-electron chi connectivity index (χ4n) is 1.88. The highest BCUT2D eigenvalue weighted by molar-refractivity contribution is 5.93. The van der Waals surface area contributed by atoms with Crippen molar-refractivity contribution in [1.29, 1.82) is 0 Å². The van der Waals surface area contributed by atoms with Gasteiger partial charge < -0.3 is 14.4 Å². The van der Waals surface area contributed by atoms with E-state index in [2.05, 4.69) is 4.98 Å². The standard InChI is InChI=1S/C17H20N2O3/c1-13-4-7-15(8-5-13)22-11-10-19(2)17(20)14-6-9-16(21-3)18-12-14/h4-9,12H,10-11H2,1-3H3. The summed E-state index contributed by atoms with van der Waals surface area (Å²) in [5.41, 5.74) is 1.71. The third-order valence-electron chi connectivity index (χ3n) is 3.26. The van der Waals surface area contributed by atoms with Gasteiger partial charge in [0.05, 0.1) is 19.2 Å². The van der Waals surface area contributed by atoms with Crippen LogP contribution in [0.2, 0.25) is 0 Å². The zero-order valence-electron chi connectivity index (χ0n) is 13.1. The number of likely N-dealkylation sites (N-methyl/N-ethyl adjacent to an activating group) is 1. The fourth-order valence-corrected chi connectivity index (χ4v) is 1.88. The van der Waals surface area contributed by atoms with Crippen molar-refractivity contribution in [2.75, 3.05) is 27.3 Å². The molecule has 1 aromatic carbocycles. The van der Waals surface area contributed by atoms with Gasteiger partial charge in [0, 0.05) is 19.3 Å². The van der Waals surface area contributed by atoms with Crippen LogP contribution in [0.5, 0.6) is 11.6 Å². The number of hydrogen-bond donors (Lipinski definition) is 0. The first-order valence-electron chi connectivity index (χ1n) is 7.05. The van der Waals surface area contributed by atoms with Crippen LogP contribution < -0.4 is 9.47 Å². The third kappa shape index (κ3) is 4.22. The Morgan fingerprint density at radius 3 is 2.50 bits per heavy atom. The molecular weight excluding hydrogens is 280 g/mol. The molecule has 0 saturated carbocycles. The fraction of sp³-hybridized carbons (Fsp3) is 0.294. The van der Waals surface area contributed by atoms with Gasteiger partial charge in [-0.15, -0.1) is 0 Å². The Morgan fingerprint density at radius 1 is 1.18 bits per heavy atom. The second kappa shape index (κ2) is 7.45. The molecule has 1 heterocycles. The minimum atomic E-state index is -0.0948. The highest BCUT2D eigenvalue weighted by Gasteiger charge is 2.12. The summed E-state index contributed by atoms with van der Waals surface area (Å²) >= 11 is 0. The van der Waals surface area contributed by atoms with Crippen LogP contribution in [0.1, 0.15) is 15.9 Å². The first-order valence-corrected chi connectivity index (χ1v) is 7.05. The second-order valence-corrected chi connectivity index (χ2v) is 4.98. The van der Waals surface area contributed by atoms with Gasteiger partial charge in [-0.05, 0) is 25.1 Å². The largest absolute Gasteiger partial charge is 0.492 e. The summed E-state index contributed by atoms with van der Waals surface area (Å²) in [6.07, 6.45) is 1.51. The Labute approximate surface area is 130 Å². The summed E-state index contributed by atoms with van der Waals surface area (Å²) < 4.78 is 10.6. The number of aryl methyl sites for hydroxylation is 1. The average molecular weight is 300 g/mol. The maximum Gasteiger partial charge on any atom is 0.255 e. The molecule has 1 aromatic heterocycles. The van der Waals surface area contributed by atoms with Crippen LogP contribution in [0, 0.1) is 6.92 Å². The number of benzene rings is 1. The number of methoxy groups -OCH3 is 1. The van der Waals surface area contributed by atoms with Crippen LogP contribution in [0.25, 0.3) is 0 Å². The molecule has 0 unspecified atom stereocenters. The molecule has 0 aliphatic heterocycles. The van der Waals surface area contributed by atoms with Crippen LogP contribution in [0.15, 0.2) is 42.6 Å². The first-order chi connectivity index (χ1) is 10.6. The van der Waals surface area contributed by atoms with Gasteiger partial charge in [0.15, 0.2) is 0 Å². The lowest BCUT2D eigenvalue weighted by atomic mass is 10.2. The van der Waals surface area contributed by atoms with E-state index >= 15 is 0 Å². The summed E-state index contributed by atoms with van der Waals surface area (Å²) in [6.45, 7) is 2.97. The molecule has 0 N–H and O–H groups in total. The number of hydrogen-bond acceptors (Lipinski definition) is 4. The highest BCUT2D eigenvalue weighted by Crippen LogP contribution is 2.12. The molecule has 0 spiro atoms. The van der Waals surface area contributed by atoms with E-state index in [1.54, 1.807) is 31.2 Å². The van der Waals surface area contributed by atoms with Crippen LogP contribution in [0.3, 0.4) is 0 Å². The molecule has 0 fully saturated rings. The Bertz CT molecular complexity index is 609. The predicted octanol–water partition coefficient (Wildman–Crippen LogP) is 2.55. The lowest BCUT2D eigenvalue weighted by Gasteiger charge is -2.17. The number of carbonyl (C=O) groups excluding carboxylic acids is 1. The molecule has 0 saturated heterocycles. The lowest BCUT2D eigenvalue weighted by molar-refractivity contribution is 0.0773. The van der Waals surface area contributed by atoms with Gasteiger partial charge in [0.1, 0.15) is 12.4 Å². The maximum atomic E-state index is 12.2. The van der Waals surface area contributed by atoms with E-state index in [9.17, 15) is 4.79 Å². The molecule has 116 valence electrons. The molecule has 22 heavy (non-hydrogen) atoms. The van der Waals surface area contributed by atoms with Crippen molar-refractivity contribution in [2.45, 2.75) is 6.92 Å². The van der Waals surface area contributed by atoms with Crippen LogP contribution in [-0.2, 0) is 0 Å². The van der Waals surface area contributed by atoms with Crippen molar-refractivity contribution in [3.63, 3.8) is 0 Å². The lowest BCUT2D eigenvalue weighted by Crippen LogP contribution is -2.30. The summed E-state index contributed by atoms with van der Waals surface area (Å²) in [7, 11) is 3.28. The monoisotopic (exact) mass is 300 g/mol. The molecule has 0 aliphatic carbocycles. The molecular formula is C17H20N2O3. The number of nitrogens with zero attached hydrogens (tertiary/aromatic N) is 2. The number of rotatable bonds is 6. The predicted molar refractivity (Wildman–Crippen MR) is 84.4 cm³/mol. The zero-order chi connectivity index (χ0) is 15.9. The molecule has 2 aromatic rings. The number of aromatic nitrogens is 1. The van der Waals surface area contributed by atoms with E-state index in [4.69, 9.17) is 9.47 Å². The summed E-state index contributed by atoms with van der Waals surface area (Å²) in [4.78, 5) is 17.9. The van der Waals surface area contributed by atoms with Crippen molar-refractivity contribution in [2.24, 2.45) is 0 Å². The van der Waals surface area contributed by atoms with Crippen LogP contribution in [-0.4, -0.2) is 43.1 Å². The van der Waals surface area contributed by atoms with Crippen molar-refractivity contribution < 1.29 is 14.3 Å². The number of ether oxygens (including phenoxy) is 2. The van der Waals surface area contributed by atoms with Gasteiger partial charge in [0.2, 0.25) is 5.88 Å². The first kappa shape index (κ1) is 15.8. The highest BCUT2D eigenvalue weighted by atomic mass is 16.5. The summed E-state index contributed by atoms with van der Waals surface area (Å²) in [5.74, 6) is 1.20. The van der Waals surface area contributed by atoms with Gasteiger partial charge in [-0.3, -0.25) is 4.79 Å². The van der Waals surface area contributed by atoms with E-state index in [0.717, 1.165) is 5.75 Å². The van der Waals surface area contributed by atoms with E-state index in [-0.39, 0.29) is 5.91 Å². The molecule has 0 aliphatic rings. The Balaban J connectivity index is 1.84. The molecule has 0 atom stereocenters. The number of pyridine rings is 1. The smallest absolute Gasteiger partial charge is 0.255 e. The summed E-state index contributed by atoms with van der Waals surface area (Å²) in [6, 6.07) is 11.2. The van der Waals surface area contributed by atoms with Crippen LogP contribution >= 0.6 is 0 Å². The summed E-state index contributed by atoms with van der Waals surface area (Å²) in [5, 5.41) is 0. The van der Waals surface area contributed by atoms with E-state index < -0.39 is 0 Å². The minimum absolute atomic E-state index is 0.0948. The number of amides is 1. The molecule has 2 rings (SSSR count). The molecule has 1 amide bonds. The van der Waals surface area contributed by atoms with Crippen molar-refractivity contribution in [3.05, 3.63) is 53.7 Å². The van der Waals surface area contributed by atoms with Crippen LogP contribution in [0.4, 0.5) is 0 Å². The second-order valence-electron chi connectivity index (χ2n) is 4.98. The SMILES string of the molecule is COc1ccc(C(=O)N(C)CCOc2ccc(C)cc2)cn1. The van der Waals surface area contributed by atoms with Gasteiger partial charge in [-0.2, -0.15) is 0 Å².